The molecular formula is C5H9IO. The second kappa shape index (κ2) is 4.59. The van der Waals surface area contributed by atoms with Crippen LogP contribution in [-0.4, -0.2) is 11.7 Å². The highest BCUT2D eigenvalue weighted by atomic mass is 127. The maximum Gasteiger partial charge on any atom is 0.0649 e. The number of aliphatic hydroxyl groups is 1. The van der Waals surface area contributed by atoms with Crippen molar-refractivity contribution in [3.8, 4) is 0 Å². The molecule has 0 aliphatic rings. The van der Waals surface area contributed by atoms with Crippen molar-refractivity contribution in [1.29, 1.82) is 0 Å². The van der Waals surface area contributed by atoms with Gasteiger partial charge < -0.3 is 5.11 Å². The summed E-state index contributed by atoms with van der Waals surface area (Å²) < 4.78 is 1.91. The van der Waals surface area contributed by atoms with E-state index >= 15 is 0 Å². The molecule has 0 spiro atoms. The van der Waals surface area contributed by atoms with Crippen LogP contribution in [0.4, 0.5) is 0 Å². The Morgan fingerprint density at radius 2 is 2.43 bits per heavy atom. The van der Waals surface area contributed by atoms with Crippen molar-refractivity contribution in [2.24, 2.45) is 0 Å². The third kappa shape index (κ3) is 3.05. The van der Waals surface area contributed by atoms with E-state index in [1.807, 2.05) is 11.0 Å². The van der Waals surface area contributed by atoms with Crippen LogP contribution in [0.1, 0.15) is 13.3 Å². The van der Waals surface area contributed by atoms with Crippen LogP contribution in [0.5, 0.6) is 0 Å². The minimum Gasteiger partial charge on any atom is -0.392 e. The van der Waals surface area contributed by atoms with E-state index in [0.717, 1.165) is 12.0 Å². The van der Waals surface area contributed by atoms with Gasteiger partial charge in [-0.15, -0.1) is 0 Å². The van der Waals surface area contributed by atoms with Crippen LogP contribution in [0, 0.1) is 0 Å². The van der Waals surface area contributed by atoms with E-state index in [4.69, 9.17) is 5.11 Å². The first kappa shape index (κ1) is 7.43. The van der Waals surface area contributed by atoms with Gasteiger partial charge in [-0.3, -0.25) is 0 Å². The lowest BCUT2D eigenvalue weighted by atomic mass is 10.3. The van der Waals surface area contributed by atoms with Gasteiger partial charge in [-0.05, 0) is 16.1 Å². The van der Waals surface area contributed by atoms with Crippen molar-refractivity contribution in [2.75, 3.05) is 6.61 Å². The molecule has 0 aliphatic heterocycles. The summed E-state index contributed by atoms with van der Waals surface area (Å²) in [7, 11) is 0. The normalized spacial score (nSPS) is 12.1. The lowest BCUT2D eigenvalue weighted by molar-refractivity contribution is 0.328. The molecule has 0 heterocycles. The summed E-state index contributed by atoms with van der Waals surface area (Å²) in [5.41, 5.74) is 1.10. The Kier molecular flexibility index (Phi) is 4.87. The monoisotopic (exact) mass is 212 g/mol. The second-order valence-corrected chi connectivity index (χ2v) is 1.90. The van der Waals surface area contributed by atoms with Gasteiger partial charge in [0.05, 0.1) is 6.61 Å². The van der Waals surface area contributed by atoms with Gasteiger partial charge in [-0.25, -0.2) is 0 Å². The van der Waals surface area contributed by atoms with Crippen molar-refractivity contribution in [3.63, 3.8) is 0 Å². The zero-order valence-corrected chi connectivity index (χ0v) is 6.47. The molecule has 42 valence electrons. The van der Waals surface area contributed by atoms with Gasteiger partial charge in [-0.1, -0.05) is 29.5 Å². The van der Waals surface area contributed by atoms with Gasteiger partial charge >= 0.3 is 0 Å². The highest BCUT2D eigenvalue weighted by Crippen LogP contribution is 2.01. The fourth-order valence-corrected chi connectivity index (χ4v) is 0.861. The first-order valence-corrected chi connectivity index (χ1v) is 3.48. The number of rotatable bonds is 2. The Bertz CT molecular complexity index is 62.5. The molecule has 1 N–H and O–H groups in total. The number of halogens is 1. The molecule has 0 aromatic carbocycles. The zero-order chi connectivity index (χ0) is 5.70. The Balaban J connectivity index is 3.38. The smallest absolute Gasteiger partial charge is 0.0649 e. The van der Waals surface area contributed by atoms with Crippen LogP contribution in [0.15, 0.2) is 9.66 Å². The molecule has 0 rings (SSSR count). The van der Waals surface area contributed by atoms with Crippen molar-refractivity contribution in [1.82, 2.24) is 0 Å². The predicted octanol–water partition coefficient (Wildman–Crippen LogP) is 1.71. The second-order valence-electron chi connectivity index (χ2n) is 1.28. The van der Waals surface area contributed by atoms with Gasteiger partial charge in [0.15, 0.2) is 0 Å². The molecule has 0 aromatic heterocycles. The van der Waals surface area contributed by atoms with E-state index in [0.29, 0.717) is 0 Å². The van der Waals surface area contributed by atoms with Crippen molar-refractivity contribution >= 4 is 22.6 Å². The summed E-state index contributed by atoms with van der Waals surface area (Å²) in [6.07, 6.45) is 0.958. The Morgan fingerprint density at radius 1 is 1.86 bits per heavy atom. The first-order valence-electron chi connectivity index (χ1n) is 2.24. The molecule has 0 saturated heterocycles. The van der Waals surface area contributed by atoms with Crippen LogP contribution >= 0.6 is 22.6 Å². The van der Waals surface area contributed by atoms with Gasteiger partial charge in [0.1, 0.15) is 0 Å². The Hall–Kier alpha value is 0.430. The van der Waals surface area contributed by atoms with E-state index in [9.17, 15) is 0 Å². The Labute approximate surface area is 57.6 Å². The largest absolute Gasteiger partial charge is 0.392 e. The molecule has 2 heteroatoms. The first-order chi connectivity index (χ1) is 3.35. The molecule has 0 aromatic rings. The fourth-order valence-electron chi connectivity index (χ4n) is 0.223. The van der Waals surface area contributed by atoms with E-state index in [2.05, 4.69) is 22.6 Å². The summed E-state index contributed by atoms with van der Waals surface area (Å²) in [4.78, 5) is 0. The lowest BCUT2D eigenvalue weighted by Crippen LogP contribution is -1.84. The molecule has 1 nitrogen and oxygen atoms in total. The van der Waals surface area contributed by atoms with Crippen LogP contribution < -0.4 is 0 Å². The molecule has 0 fully saturated rings. The third-order valence-corrected chi connectivity index (χ3v) is 1.69. The SMILES string of the molecule is CC/C(=C\I)CO. The average Bonchev–Trinajstić information content (AvgIpc) is 1.72. The molecule has 0 saturated carbocycles. The summed E-state index contributed by atoms with van der Waals surface area (Å²) >= 11 is 2.13. The van der Waals surface area contributed by atoms with Crippen molar-refractivity contribution in [2.45, 2.75) is 13.3 Å². The molecular weight excluding hydrogens is 203 g/mol. The minimum absolute atomic E-state index is 0.208. The maximum atomic E-state index is 8.45. The lowest BCUT2D eigenvalue weighted by Gasteiger charge is -1.91. The zero-order valence-electron chi connectivity index (χ0n) is 4.32. The molecule has 0 radical (unpaired) electrons. The van der Waals surface area contributed by atoms with Gasteiger partial charge in [0.25, 0.3) is 0 Å². The maximum absolute atomic E-state index is 8.45. The van der Waals surface area contributed by atoms with Crippen molar-refractivity contribution in [3.05, 3.63) is 9.66 Å². The molecule has 0 unspecified atom stereocenters. The van der Waals surface area contributed by atoms with E-state index in [-0.39, 0.29) is 6.61 Å². The molecule has 0 amide bonds. The molecule has 0 aliphatic carbocycles. The standard InChI is InChI=1S/C5H9IO/c1-2-5(3-6)4-7/h3,7H,2,4H2,1H3/b5-3+. The van der Waals surface area contributed by atoms with Crippen LogP contribution in [0.2, 0.25) is 0 Å². The van der Waals surface area contributed by atoms with E-state index in [1.165, 1.54) is 0 Å². The van der Waals surface area contributed by atoms with E-state index < -0.39 is 0 Å². The third-order valence-electron chi connectivity index (χ3n) is 0.812. The number of aliphatic hydroxyl groups excluding tert-OH is 1. The van der Waals surface area contributed by atoms with Gasteiger partial charge in [0.2, 0.25) is 0 Å². The highest BCUT2D eigenvalue weighted by molar-refractivity contribution is 14.1. The molecule has 0 bridgehead atoms. The van der Waals surface area contributed by atoms with Crippen LogP contribution in [0.25, 0.3) is 0 Å². The summed E-state index contributed by atoms with van der Waals surface area (Å²) in [5, 5.41) is 8.45. The topological polar surface area (TPSA) is 20.2 Å². The molecule has 0 atom stereocenters. The quantitative estimate of drug-likeness (QED) is 0.690. The van der Waals surface area contributed by atoms with Crippen LogP contribution in [0.3, 0.4) is 0 Å². The Morgan fingerprint density at radius 3 is 2.43 bits per heavy atom. The highest BCUT2D eigenvalue weighted by Gasteiger charge is 1.84. The number of hydrogen-bond donors (Lipinski definition) is 1. The van der Waals surface area contributed by atoms with Crippen molar-refractivity contribution < 1.29 is 5.11 Å². The van der Waals surface area contributed by atoms with Gasteiger partial charge in [-0.2, -0.15) is 0 Å². The summed E-state index contributed by atoms with van der Waals surface area (Å²) in [6, 6.07) is 0. The predicted molar refractivity (Wildman–Crippen MR) is 39.5 cm³/mol. The average molecular weight is 212 g/mol. The molecule has 7 heavy (non-hydrogen) atoms. The van der Waals surface area contributed by atoms with E-state index in [1.54, 1.807) is 0 Å². The fraction of sp³-hybridized carbons (Fsp3) is 0.600. The summed E-state index contributed by atoms with van der Waals surface area (Å²) in [6.45, 7) is 2.24. The van der Waals surface area contributed by atoms with Gasteiger partial charge in [0, 0.05) is 0 Å². The van der Waals surface area contributed by atoms with Crippen LogP contribution in [-0.2, 0) is 0 Å². The summed E-state index contributed by atoms with van der Waals surface area (Å²) in [5.74, 6) is 0. The number of hydrogen-bond acceptors (Lipinski definition) is 1. The minimum atomic E-state index is 0.208.